The fraction of sp³-hybridized carbons (Fsp3) is 0.464. The molecule has 2 aliphatic carbocycles. The van der Waals surface area contributed by atoms with Crippen molar-refractivity contribution in [1.29, 1.82) is 0 Å². The van der Waals surface area contributed by atoms with Crippen molar-refractivity contribution in [2.24, 2.45) is 32.5 Å². The zero-order valence-electron chi connectivity index (χ0n) is 22.3. The van der Waals surface area contributed by atoms with Crippen molar-refractivity contribution >= 4 is 35.6 Å². The van der Waals surface area contributed by atoms with Gasteiger partial charge in [0.2, 0.25) is 5.91 Å². The third-order valence-corrected chi connectivity index (χ3v) is 6.87. The lowest BCUT2D eigenvalue weighted by atomic mass is 10.0. The summed E-state index contributed by atoms with van der Waals surface area (Å²) >= 11 is 0. The normalized spacial score (nSPS) is 25.6. The van der Waals surface area contributed by atoms with Crippen LogP contribution in [0.25, 0.3) is 5.70 Å². The second-order valence-corrected chi connectivity index (χ2v) is 11.3. The van der Waals surface area contributed by atoms with E-state index in [1.165, 1.54) is 6.20 Å². The Morgan fingerprint density at radius 2 is 2.13 bits per heavy atom. The summed E-state index contributed by atoms with van der Waals surface area (Å²) in [5, 5.41) is 20.3. The Labute approximate surface area is 223 Å². The Morgan fingerprint density at radius 3 is 2.84 bits per heavy atom. The zero-order chi connectivity index (χ0) is 27.0. The van der Waals surface area contributed by atoms with Crippen LogP contribution in [0.2, 0.25) is 0 Å². The molecule has 4 unspecified atom stereocenters. The number of aliphatic imine (C=N–C) groups is 3. The van der Waals surface area contributed by atoms with Crippen molar-refractivity contribution in [2.45, 2.75) is 70.9 Å². The van der Waals surface area contributed by atoms with Gasteiger partial charge in [-0.3, -0.25) is 24.8 Å². The Morgan fingerprint density at radius 1 is 1.34 bits per heavy atom. The van der Waals surface area contributed by atoms with E-state index < -0.39 is 6.23 Å². The minimum absolute atomic E-state index is 0.0599. The molecular weight excluding hydrogens is 480 g/mol. The van der Waals surface area contributed by atoms with Gasteiger partial charge >= 0.3 is 0 Å². The molecule has 1 aromatic heterocycles. The molecule has 10 heteroatoms. The largest absolute Gasteiger partial charge is 0.404 e. The highest BCUT2D eigenvalue weighted by molar-refractivity contribution is 6.06. The molecule has 2 saturated carbocycles. The van der Waals surface area contributed by atoms with Crippen molar-refractivity contribution in [3.05, 3.63) is 53.0 Å². The lowest BCUT2D eigenvalue weighted by molar-refractivity contribution is -0.120. The molecule has 1 amide bonds. The van der Waals surface area contributed by atoms with Crippen LogP contribution in [-0.2, 0) is 4.79 Å². The molecule has 0 saturated heterocycles. The van der Waals surface area contributed by atoms with Crippen molar-refractivity contribution < 1.29 is 9.90 Å². The molecule has 1 aromatic rings. The van der Waals surface area contributed by atoms with Gasteiger partial charge in [0, 0.05) is 53.0 Å². The Balaban J connectivity index is 1.30. The lowest BCUT2D eigenvalue weighted by Gasteiger charge is -2.26. The van der Waals surface area contributed by atoms with E-state index in [1.807, 2.05) is 45.9 Å². The summed E-state index contributed by atoms with van der Waals surface area (Å²) in [6, 6.07) is 2.15. The molecule has 0 radical (unpaired) electrons. The Bertz CT molecular complexity index is 1300. The van der Waals surface area contributed by atoms with Gasteiger partial charge in [0.25, 0.3) is 0 Å². The van der Waals surface area contributed by atoms with Gasteiger partial charge in [-0.15, -0.1) is 0 Å². The summed E-state index contributed by atoms with van der Waals surface area (Å²) in [5.74, 6) is 1.17. The third kappa shape index (κ3) is 6.02. The van der Waals surface area contributed by atoms with Gasteiger partial charge in [-0.1, -0.05) is 0 Å². The van der Waals surface area contributed by atoms with Crippen LogP contribution in [0.15, 0.2) is 56.7 Å². The number of nitrogens with zero attached hydrogens (tertiary/aromatic N) is 4. The van der Waals surface area contributed by atoms with Crippen LogP contribution in [0.1, 0.15) is 51.3 Å². The number of allylic oxidation sites excluding steroid dienone is 1. The number of carbonyl (C=O) groups is 1. The summed E-state index contributed by atoms with van der Waals surface area (Å²) in [5.41, 5.74) is 10.3. The fourth-order valence-electron chi connectivity index (χ4n) is 4.46. The Kier molecular flexibility index (Phi) is 6.92. The number of dihydropyridines is 1. The highest BCUT2D eigenvalue weighted by atomic mass is 16.3. The number of nitrogens with two attached hydrogens (primary N) is 1. The van der Waals surface area contributed by atoms with Crippen molar-refractivity contribution in [1.82, 2.24) is 15.6 Å². The van der Waals surface area contributed by atoms with Crippen LogP contribution in [0.5, 0.6) is 0 Å². The number of pyridine rings is 1. The number of amidine groups is 1. The van der Waals surface area contributed by atoms with Gasteiger partial charge in [0.15, 0.2) is 6.23 Å². The number of rotatable bonds is 7. The van der Waals surface area contributed by atoms with E-state index in [1.54, 1.807) is 18.6 Å². The standard InChI is InChI=1S/C28H36N8O2/c1-15-19(9-18(14-31-15)33-27(38)17(12-29)13-32-28(2,3)4)22-7-8-30-25(35-22)21-11-24(34-23-10-20(21)23)36-26(37)16-5-6-16/h7-9,11-14,16,20,23,25,27,33,35,38H,5-6,10,29H2,1-4H3,(H,34,36,37)/b17-12+,32-13?. The molecule has 4 atom stereocenters. The van der Waals surface area contributed by atoms with Crippen molar-refractivity contribution in [3.8, 4) is 0 Å². The Hall–Kier alpha value is -3.79. The maximum absolute atomic E-state index is 12.3. The molecule has 5 rings (SSSR count). The van der Waals surface area contributed by atoms with Crippen LogP contribution >= 0.6 is 0 Å². The van der Waals surface area contributed by atoms with E-state index >= 15 is 0 Å². The molecule has 0 bridgehead atoms. The topological polar surface area (TPSA) is 149 Å². The number of aliphatic hydroxyl groups is 1. The highest BCUT2D eigenvalue weighted by Gasteiger charge is 2.45. The first kappa shape index (κ1) is 25.8. The molecule has 2 aliphatic heterocycles. The summed E-state index contributed by atoms with van der Waals surface area (Å²) in [6.45, 7) is 7.86. The van der Waals surface area contributed by atoms with Gasteiger partial charge in [0.05, 0.1) is 23.5 Å². The number of aryl methyl sites for hydroxylation is 1. The van der Waals surface area contributed by atoms with E-state index in [-0.39, 0.29) is 29.6 Å². The van der Waals surface area contributed by atoms with Crippen LogP contribution in [-0.4, -0.2) is 58.2 Å². The minimum atomic E-state index is -1.05. The summed E-state index contributed by atoms with van der Waals surface area (Å²) in [4.78, 5) is 30.6. The predicted octanol–water partition coefficient (Wildman–Crippen LogP) is 2.43. The van der Waals surface area contributed by atoms with Crippen LogP contribution < -0.4 is 21.7 Å². The number of hydrogen-bond donors (Lipinski definition) is 5. The molecule has 10 nitrogen and oxygen atoms in total. The molecule has 6 N–H and O–H groups in total. The van der Waals surface area contributed by atoms with E-state index in [2.05, 4.69) is 35.9 Å². The maximum Gasteiger partial charge on any atom is 0.228 e. The average Bonchev–Trinajstić information content (AvgIpc) is 3.79. The molecule has 2 fully saturated rings. The average molecular weight is 517 g/mol. The highest BCUT2D eigenvalue weighted by Crippen LogP contribution is 2.44. The monoisotopic (exact) mass is 516 g/mol. The molecule has 4 aliphatic rings. The van der Waals surface area contributed by atoms with Gasteiger partial charge in [-0.2, -0.15) is 0 Å². The zero-order valence-corrected chi connectivity index (χ0v) is 22.3. The molecule has 3 heterocycles. The van der Waals surface area contributed by atoms with Crippen LogP contribution in [0, 0.1) is 18.8 Å². The van der Waals surface area contributed by atoms with Gasteiger partial charge < -0.3 is 26.8 Å². The molecule has 0 spiro atoms. The minimum Gasteiger partial charge on any atom is -0.404 e. The van der Waals surface area contributed by atoms with Crippen molar-refractivity contribution in [3.63, 3.8) is 0 Å². The summed E-state index contributed by atoms with van der Waals surface area (Å²) in [7, 11) is 0. The lowest BCUT2D eigenvalue weighted by Crippen LogP contribution is -2.36. The second kappa shape index (κ2) is 10.2. The number of amides is 1. The smallest absolute Gasteiger partial charge is 0.228 e. The first-order chi connectivity index (χ1) is 18.1. The SMILES string of the molecule is Cc1ncc(NC(O)/C(C=NC(C)(C)C)=C/N)cc1C1=CC=NC(C2=CC(NC(=O)C3CC3)=NC3CC23)N1. The van der Waals surface area contributed by atoms with Gasteiger partial charge in [-0.25, -0.2) is 0 Å². The maximum atomic E-state index is 12.3. The number of fused-ring (bicyclic) bond motifs is 1. The van der Waals surface area contributed by atoms with E-state index in [4.69, 9.17) is 5.73 Å². The number of carbonyl (C=O) groups excluding carboxylic acids is 1. The summed E-state index contributed by atoms with van der Waals surface area (Å²) in [6.07, 6.45) is 11.9. The first-order valence-corrected chi connectivity index (χ1v) is 13.1. The van der Waals surface area contributed by atoms with Crippen molar-refractivity contribution in [2.75, 3.05) is 5.32 Å². The number of aliphatic hydroxyl groups excluding tert-OH is 1. The van der Waals surface area contributed by atoms with Crippen LogP contribution in [0.4, 0.5) is 5.69 Å². The third-order valence-electron chi connectivity index (χ3n) is 6.87. The van der Waals surface area contributed by atoms with Crippen LogP contribution in [0.3, 0.4) is 0 Å². The number of nitrogens with one attached hydrogen (secondary N) is 3. The fourth-order valence-corrected chi connectivity index (χ4v) is 4.46. The molecule has 38 heavy (non-hydrogen) atoms. The van der Waals surface area contributed by atoms with Gasteiger partial charge in [-0.05, 0) is 70.7 Å². The number of aromatic nitrogens is 1. The van der Waals surface area contributed by atoms with E-state index in [0.717, 1.165) is 41.8 Å². The predicted molar refractivity (Wildman–Crippen MR) is 151 cm³/mol. The first-order valence-electron chi connectivity index (χ1n) is 13.1. The molecule has 0 aromatic carbocycles. The summed E-state index contributed by atoms with van der Waals surface area (Å²) < 4.78 is 0. The molecule has 200 valence electrons. The van der Waals surface area contributed by atoms with E-state index in [0.29, 0.717) is 23.0 Å². The van der Waals surface area contributed by atoms with E-state index in [9.17, 15) is 9.90 Å². The number of hydrogen-bond acceptors (Lipinski definition) is 9. The number of anilines is 1. The quantitative estimate of drug-likeness (QED) is 0.278. The van der Waals surface area contributed by atoms with Gasteiger partial charge in [0.1, 0.15) is 12.0 Å². The second-order valence-electron chi connectivity index (χ2n) is 11.3. The molecular formula is C28H36N8O2.